The van der Waals surface area contributed by atoms with Crippen molar-refractivity contribution in [2.45, 2.75) is 52.9 Å². The van der Waals surface area contributed by atoms with E-state index >= 15 is 0 Å². The van der Waals surface area contributed by atoms with Gasteiger partial charge in [-0.1, -0.05) is 46.5 Å². The molecule has 0 aromatic rings. The van der Waals surface area contributed by atoms with E-state index in [1.54, 1.807) is 0 Å². The van der Waals surface area contributed by atoms with Gasteiger partial charge in [-0.05, 0) is 18.3 Å². The van der Waals surface area contributed by atoms with Gasteiger partial charge in [-0.25, -0.2) is 5.11 Å². The molecule has 73 valence electrons. The minimum atomic E-state index is 0.101. The molecule has 0 aromatic carbocycles. The molecule has 0 aliphatic rings. The van der Waals surface area contributed by atoms with Gasteiger partial charge in [-0.3, -0.25) is 0 Å². The van der Waals surface area contributed by atoms with Crippen LogP contribution in [0.2, 0.25) is 0 Å². The molecule has 0 aliphatic heterocycles. The SMILES string of the molecule is CC(C)CCCCCC(C)C[O]. The normalized spacial score (nSPS) is 13.8. The zero-order valence-corrected chi connectivity index (χ0v) is 8.81. The molecule has 0 saturated carbocycles. The van der Waals surface area contributed by atoms with Crippen LogP contribution in [-0.4, -0.2) is 6.61 Å². The molecular weight excluding hydrogens is 148 g/mol. The molecule has 0 amide bonds. The third-order valence-electron chi connectivity index (χ3n) is 2.26. The number of hydrogen-bond donors (Lipinski definition) is 0. The lowest BCUT2D eigenvalue weighted by Crippen LogP contribution is -1.98. The lowest BCUT2D eigenvalue weighted by atomic mass is 10.0. The van der Waals surface area contributed by atoms with Gasteiger partial charge >= 0.3 is 0 Å². The molecule has 12 heavy (non-hydrogen) atoms. The fourth-order valence-corrected chi connectivity index (χ4v) is 1.31. The smallest absolute Gasteiger partial charge is 0.0847 e. The molecular formula is C11H23O. The Balaban J connectivity index is 3.00. The molecule has 0 N–H and O–H groups in total. The lowest BCUT2D eigenvalue weighted by molar-refractivity contribution is 0.145. The Labute approximate surface area is 77.2 Å². The Morgan fingerprint density at radius 2 is 1.50 bits per heavy atom. The Kier molecular flexibility index (Phi) is 7.58. The van der Waals surface area contributed by atoms with E-state index in [0.717, 1.165) is 12.3 Å². The van der Waals surface area contributed by atoms with E-state index in [1.807, 2.05) is 0 Å². The van der Waals surface area contributed by atoms with E-state index in [9.17, 15) is 5.11 Å². The van der Waals surface area contributed by atoms with Crippen molar-refractivity contribution < 1.29 is 5.11 Å². The summed E-state index contributed by atoms with van der Waals surface area (Å²) >= 11 is 0. The standard InChI is InChI=1S/C11H23O/c1-10(2)7-5-4-6-8-11(3)9-12/h10-11H,4-9H2,1-3H3. The highest BCUT2D eigenvalue weighted by Crippen LogP contribution is 2.12. The molecule has 0 rings (SSSR count). The maximum Gasteiger partial charge on any atom is 0.0847 e. The summed E-state index contributed by atoms with van der Waals surface area (Å²) in [4.78, 5) is 0. The molecule has 0 fully saturated rings. The van der Waals surface area contributed by atoms with Crippen LogP contribution in [0.15, 0.2) is 0 Å². The summed E-state index contributed by atoms with van der Waals surface area (Å²) < 4.78 is 0. The Hall–Kier alpha value is -0.0400. The second kappa shape index (κ2) is 7.60. The minimum absolute atomic E-state index is 0.101. The van der Waals surface area contributed by atoms with E-state index in [4.69, 9.17) is 0 Å². The number of hydrogen-bond acceptors (Lipinski definition) is 0. The first kappa shape index (κ1) is 12.0. The molecule has 0 spiro atoms. The molecule has 1 heteroatoms. The zero-order chi connectivity index (χ0) is 9.40. The van der Waals surface area contributed by atoms with Crippen LogP contribution in [0.4, 0.5) is 0 Å². The topological polar surface area (TPSA) is 19.9 Å². The van der Waals surface area contributed by atoms with Gasteiger partial charge in [0.25, 0.3) is 0 Å². The van der Waals surface area contributed by atoms with Crippen LogP contribution in [-0.2, 0) is 5.11 Å². The highest BCUT2D eigenvalue weighted by molar-refractivity contribution is 4.52. The molecule has 0 aliphatic carbocycles. The summed E-state index contributed by atoms with van der Waals surface area (Å²) in [7, 11) is 0. The molecule has 1 radical (unpaired) electrons. The summed E-state index contributed by atoms with van der Waals surface area (Å²) in [5.41, 5.74) is 0. The van der Waals surface area contributed by atoms with Crippen LogP contribution in [0.3, 0.4) is 0 Å². The van der Waals surface area contributed by atoms with E-state index in [1.165, 1.54) is 25.7 Å². The zero-order valence-electron chi connectivity index (χ0n) is 8.81. The van der Waals surface area contributed by atoms with Crippen LogP contribution in [0.25, 0.3) is 0 Å². The number of rotatable bonds is 7. The second-order valence-electron chi connectivity index (χ2n) is 4.30. The van der Waals surface area contributed by atoms with Crippen molar-refractivity contribution >= 4 is 0 Å². The first-order valence-electron chi connectivity index (χ1n) is 5.25. The van der Waals surface area contributed by atoms with Gasteiger partial charge in [0.05, 0.1) is 6.61 Å². The summed E-state index contributed by atoms with van der Waals surface area (Å²) in [5.74, 6) is 1.23. The quantitative estimate of drug-likeness (QED) is 0.521. The van der Waals surface area contributed by atoms with Crippen LogP contribution in [0, 0.1) is 11.8 Å². The van der Waals surface area contributed by atoms with Crippen LogP contribution in [0.1, 0.15) is 52.9 Å². The fourth-order valence-electron chi connectivity index (χ4n) is 1.31. The van der Waals surface area contributed by atoms with Crippen molar-refractivity contribution in [3.05, 3.63) is 0 Å². The largest absolute Gasteiger partial charge is 0.236 e. The number of unbranched alkanes of at least 4 members (excludes halogenated alkanes) is 2. The van der Waals surface area contributed by atoms with Crippen LogP contribution >= 0.6 is 0 Å². The van der Waals surface area contributed by atoms with Gasteiger partial charge < -0.3 is 0 Å². The van der Waals surface area contributed by atoms with Crippen molar-refractivity contribution in [1.82, 2.24) is 0 Å². The molecule has 1 unspecified atom stereocenters. The summed E-state index contributed by atoms with van der Waals surface area (Å²) in [6.45, 7) is 6.68. The Morgan fingerprint density at radius 1 is 0.917 bits per heavy atom. The molecule has 1 nitrogen and oxygen atoms in total. The average Bonchev–Trinajstić information content (AvgIpc) is 2.03. The van der Waals surface area contributed by atoms with E-state index in [2.05, 4.69) is 20.8 Å². The van der Waals surface area contributed by atoms with E-state index < -0.39 is 0 Å². The van der Waals surface area contributed by atoms with Crippen LogP contribution in [0.5, 0.6) is 0 Å². The molecule has 0 bridgehead atoms. The predicted molar refractivity (Wildman–Crippen MR) is 52.6 cm³/mol. The highest BCUT2D eigenvalue weighted by Gasteiger charge is 2.00. The molecule has 0 heterocycles. The Bertz CT molecular complexity index is 89.0. The van der Waals surface area contributed by atoms with Crippen molar-refractivity contribution in [3.63, 3.8) is 0 Å². The first-order chi connectivity index (χ1) is 5.66. The predicted octanol–water partition coefficient (Wildman–Crippen LogP) is 3.66. The van der Waals surface area contributed by atoms with Crippen molar-refractivity contribution in [1.29, 1.82) is 0 Å². The molecule has 1 atom stereocenters. The van der Waals surface area contributed by atoms with Gasteiger partial charge in [0.2, 0.25) is 0 Å². The van der Waals surface area contributed by atoms with Crippen molar-refractivity contribution in [2.75, 3.05) is 6.61 Å². The summed E-state index contributed by atoms with van der Waals surface area (Å²) in [6, 6.07) is 0. The third kappa shape index (κ3) is 8.06. The summed E-state index contributed by atoms with van der Waals surface area (Å²) in [5, 5.41) is 10.4. The monoisotopic (exact) mass is 171 g/mol. The molecule has 0 saturated heterocycles. The molecule has 0 aromatic heterocycles. The van der Waals surface area contributed by atoms with Gasteiger partial charge in [0, 0.05) is 0 Å². The van der Waals surface area contributed by atoms with Gasteiger partial charge in [-0.2, -0.15) is 0 Å². The minimum Gasteiger partial charge on any atom is -0.236 e. The lowest BCUT2D eigenvalue weighted by Gasteiger charge is -2.06. The second-order valence-corrected chi connectivity index (χ2v) is 4.30. The fraction of sp³-hybridized carbons (Fsp3) is 1.00. The van der Waals surface area contributed by atoms with Gasteiger partial charge in [0.15, 0.2) is 0 Å². The van der Waals surface area contributed by atoms with Crippen molar-refractivity contribution in [3.8, 4) is 0 Å². The maximum atomic E-state index is 10.4. The maximum absolute atomic E-state index is 10.4. The Morgan fingerprint density at radius 3 is 2.00 bits per heavy atom. The van der Waals surface area contributed by atoms with Crippen molar-refractivity contribution in [2.24, 2.45) is 11.8 Å². The average molecular weight is 171 g/mol. The van der Waals surface area contributed by atoms with E-state index in [0.29, 0.717) is 5.92 Å². The van der Waals surface area contributed by atoms with Crippen LogP contribution < -0.4 is 0 Å². The summed E-state index contributed by atoms with van der Waals surface area (Å²) in [6.07, 6.45) is 6.36. The first-order valence-corrected chi connectivity index (χ1v) is 5.25. The van der Waals surface area contributed by atoms with E-state index in [-0.39, 0.29) is 6.61 Å². The third-order valence-corrected chi connectivity index (χ3v) is 2.26. The van der Waals surface area contributed by atoms with Gasteiger partial charge in [0.1, 0.15) is 0 Å². The highest BCUT2D eigenvalue weighted by atomic mass is 16.3. The van der Waals surface area contributed by atoms with Gasteiger partial charge in [-0.15, -0.1) is 0 Å².